The van der Waals surface area contributed by atoms with E-state index >= 15 is 0 Å². The number of aromatic nitrogens is 1. The fourth-order valence-corrected chi connectivity index (χ4v) is 8.98. The number of hydrogen-bond acceptors (Lipinski definition) is 7. The zero-order chi connectivity index (χ0) is 25.1. The highest BCUT2D eigenvalue weighted by Crippen LogP contribution is 2.57. The molecule has 1 aliphatic heterocycles. The van der Waals surface area contributed by atoms with Crippen LogP contribution in [-0.2, 0) is 31.5 Å². The summed E-state index contributed by atoms with van der Waals surface area (Å²) in [7, 11) is -3.31. The number of hydrogen-bond donors (Lipinski definition) is 1. The summed E-state index contributed by atoms with van der Waals surface area (Å²) in [6.07, 6.45) is 1.97. The third-order valence-corrected chi connectivity index (χ3v) is 12.3. The first kappa shape index (κ1) is 26.0. The Morgan fingerprint density at radius 3 is 2.59 bits per heavy atom. The number of thiazole rings is 1. The number of sulfone groups is 1. The van der Waals surface area contributed by atoms with Crippen LogP contribution in [0.2, 0.25) is 0 Å². The molecular weight excluding hydrogens is 472 g/mol. The Kier molecular flexibility index (Phi) is 6.99. The molecule has 192 valence electrons. The number of fused-ring (bicyclic) bond motifs is 2. The number of carbonyl (C=O) groups excluding carboxylic acids is 1. The van der Waals surface area contributed by atoms with Crippen molar-refractivity contribution in [1.29, 1.82) is 0 Å². The van der Waals surface area contributed by atoms with Crippen LogP contribution in [0.25, 0.3) is 0 Å². The number of nitrogens with zero attached hydrogens (tertiary/aromatic N) is 2. The molecule has 4 rings (SSSR count). The van der Waals surface area contributed by atoms with E-state index < -0.39 is 20.7 Å². The van der Waals surface area contributed by atoms with E-state index in [1.54, 1.807) is 20.8 Å². The summed E-state index contributed by atoms with van der Waals surface area (Å²) in [6.45, 7) is 13.9. The molecule has 1 aromatic rings. The Morgan fingerprint density at radius 2 is 1.97 bits per heavy atom. The second-order valence-corrected chi connectivity index (χ2v) is 15.8. The average Bonchev–Trinajstić information content (AvgIpc) is 3.14. The van der Waals surface area contributed by atoms with Crippen molar-refractivity contribution >= 4 is 27.1 Å². The Bertz CT molecular complexity index is 1020. The van der Waals surface area contributed by atoms with E-state index in [-0.39, 0.29) is 40.7 Å². The number of ether oxygens (including phenoxy) is 1. The van der Waals surface area contributed by atoms with Crippen molar-refractivity contribution in [1.82, 2.24) is 9.88 Å². The zero-order valence-electron chi connectivity index (χ0n) is 21.3. The maximum absolute atomic E-state index is 13.2. The van der Waals surface area contributed by atoms with Gasteiger partial charge in [-0.1, -0.05) is 20.8 Å². The monoisotopic (exact) mass is 512 g/mol. The van der Waals surface area contributed by atoms with Gasteiger partial charge in [0.25, 0.3) is 0 Å². The van der Waals surface area contributed by atoms with Crippen molar-refractivity contribution in [3.63, 3.8) is 0 Å². The van der Waals surface area contributed by atoms with E-state index in [1.165, 1.54) is 11.3 Å². The maximum Gasteiger partial charge on any atom is 0.225 e. The van der Waals surface area contributed by atoms with Crippen LogP contribution >= 0.6 is 11.3 Å². The third kappa shape index (κ3) is 4.58. The summed E-state index contributed by atoms with van der Waals surface area (Å²) in [6, 6.07) is 0. The molecule has 2 fully saturated rings. The summed E-state index contributed by atoms with van der Waals surface area (Å²) in [5.41, 5.74) is 0.856. The topological polar surface area (TPSA) is 96.8 Å². The molecule has 0 aromatic carbocycles. The van der Waals surface area contributed by atoms with Gasteiger partial charge in [-0.2, -0.15) is 0 Å². The van der Waals surface area contributed by atoms with Crippen LogP contribution in [0.5, 0.6) is 0 Å². The molecule has 1 N–H and O–H groups in total. The van der Waals surface area contributed by atoms with E-state index in [0.29, 0.717) is 31.3 Å². The highest BCUT2D eigenvalue weighted by Gasteiger charge is 2.54. The molecule has 3 aliphatic rings. The molecular formula is C25H40N2O5S2. The second kappa shape index (κ2) is 9.12. The Morgan fingerprint density at radius 1 is 1.32 bits per heavy atom. The molecule has 9 heteroatoms. The lowest BCUT2D eigenvalue weighted by atomic mass is 9.53. The van der Waals surface area contributed by atoms with Gasteiger partial charge in [0.15, 0.2) is 9.84 Å². The van der Waals surface area contributed by atoms with Crippen LogP contribution in [0.4, 0.5) is 0 Å². The zero-order valence-corrected chi connectivity index (χ0v) is 23.0. The third-order valence-electron chi connectivity index (χ3n) is 8.57. The molecule has 0 bridgehead atoms. The van der Waals surface area contributed by atoms with Gasteiger partial charge in [0.05, 0.1) is 29.8 Å². The van der Waals surface area contributed by atoms with Crippen molar-refractivity contribution in [3.8, 4) is 0 Å². The van der Waals surface area contributed by atoms with Crippen molar-refractivity contribution in [2.45, 2.75) is 83.3 Å². The molecule has 1 saturated carbocycles. The minimum atomic E-state index is -3.31. The molecule has 34 heavy (non-hydrogen) atoms. The summed E-state index contributed by atoms with van der Waals surface area (Å²) >= 11 is 1.52. The van der Waals surface area contributed by atoms with Crippen molar-refractivity contribution in [2.75, 3.05) is 26.3 Å². The molecule has 2 aliphatic carbocycles. The number of aliphatic hydroxyl groups is 1. The van der Waals surface area contributed by atoms with E-state index in [2.05, 4.69) is 13.8 Å². The van der Waals surface area contributed by atoms with Crippen LogP contribution in [0.15, 0.2) is 0 Å². The SMILES string of the molecule is C[C@H](C(=O)N1CCOCC1)[C@@H]1CC[C@@]2(C)Cc3sc(CS(=O)(=O)C(C)(C)C)nc3[C@@H](C)[C@@H]2[C@H]1O. The fraction of sp³-hybridized carbons (Fsp3) is 0.840. The van der Waals surface area contributed by atoms with Crippen LogP contribution in [0.3, 0.4) is 0 Å². The summed E-state index contributed by atoms with van der Waals surface area (Å²) in [5, 5.41) is 12.3. The largest absolute Gasteiger partial charge is 0.392 e. The molecule has 6 atom stereocenters. The lowest BCUT2D eigenvalue weighted by molar-refractivity contribution is -0.148. The predicted molar refractivity (Wildman–Crippen MR) is 134 cm³/mol. The minimum absolute atomic E-state index is 0.00661. The predicted octanol–water partition coefficient (Wildman–Crippen LogP) is 3.40. The van der Waals surface area contributed by atoms with E-state index in [4.69, 9.17) is 9.72 Å². The molecule has 2 heterocycles. The smallest absolute Gasteiger partial charge is 0.225 e. The Balaban J connectivity index is 1.56. The van der Waals surface area contributed by atoms with Gasteiger partial charge in [-0.05, 0) is 57.3 Å². The van der Waals surface area contributed by atoms with Crippen molar-refractivity contribution in [3.05, 3.63) is 15.6 Å². The highest BCUT2D eigenvalue weighted by molar-refractivity contribution is 7.92. The first-order valence-corrected chi connectivity index (χ1v) is 15.0. The number of carbonyl (C=O) groups is 1. The molecule has 1 amide bonds. The lowest BCUT2D eigenvalue weighted by Gasteiger charge is -2.53. The Labute approximate surface area is 208 Å². The van der Waals surface area contributed by atoms with Crippen molar-refractivity contribution < 1.29 is 23.1 Å². The van der Waals surface area contributed by atoms with Crippen LogP contribution in [0.1, 0.15) is 75.9 Å². The quantitative estimate of drug-likeness (QED) is 0.664. The van der Waals surface area contributed by atoms with Gasteiger partial charge in [-0.25, -0.2) is 13.4 Å². The first-order chi connectivity index (χ1) is 15.7. The van der Waals surface area contributed by atoms with E-state index in [9.17, 15) is 18.3 Å². The average molecular weight is 513 g/mol. The number of aliphatic hydroxyl groups excluding tert-OH is 1. The van der Waals surface area contributed by atoms with E-state index in [1.807, 2.05) is 11.8 Å². The molecule has 1 saturated heterocycles. The first-order valence-electron chi connectivity index (χ1n) is 12.5. The molecule has 0 spiro atoms. The van der Waals surface area contributed by atoms with Gasteiger partial charge in [-0.3, -0.25) is 4.79 Å². The van der Waals surface area contributed by atoms with Crippen LogP contribution in [0, 0.1) is 23.2 Å². The van der Waals surface area contributed by atoms with Gasteiger partial charge in [0.1, 0.15) is 10.8 Å². The lowest BCUT2D eigenvalue weighted by Crippen LogP contribution is -2.54. The maximum atomic E-state index is 13.2. The van der Waals surface area contributed by atoms with Crippen LogP contribution < -0.4 is 0 Å². The summed E-state index contributed by atoms with van der Waals surface area (Å²) in [4.78, 5) is 21.0. The van der Waals surface area contributed by atoms with Gasteiger partial charge in [0, 0.05) is 29.8 Å². The van der Waals surface area contributed by atoms with Gasteiger partial charge in [0.2, 0.25) is 5.91 Å². The number of rotatable bonds is 4. The normalized spacial score (nSPS) is 33.2. The van der Waals surface area contributed by atoms with E-state index in [0.717, 1.165) is 29.8 Å². The fourth-order valence-electron chi connectivity index (χ4n) is 6.29. The Hall–Kier alpha value is -1.03. The van der Waals surface area contributed by atoms with Gasteiger partial charge >= 0.3 is 0 Å². The van der Waals surface area contributed by atoms with Gasteiger partial charge in [-0.15, -0.1) is 11.3 Å². The van der Waals surface area contributed by atoms with Gasteiger partial charge < -0.3 is 14.7 Å². The summed E-state index contributed by atoms with van der Waals surface area (Å²) in [5.74, 6) is -0.250. The molecule has 7 nitrogen and oxygen atoms in total. The summed E-state index contributed by atoms with van der Waals surface area (Å²) < 4.78 is 30.1. The molecule has 1 aromatic heterocycles. The van der Waals surface area contributed by atoms with Crippen molar-refractivity contribution in [2.24, 2.45) is 23.2 Å². The standard InChI is InChI=1S/C25H40N2O5S2/c1-15(23(29)27-9-11-32-12-10-27)17-7-8-25(6)13-18-21(16(2)20(25)22(17)28)26-19(33-18)14-34(30,31)24(3,4)5/h15-17,20,22,28H,7-14H2,1-6H3/t15-,16-,17-,20+,22-,25-/m0/s1. The van der Waals surface area contributed by atoms with Crippen LogP contribution in [-0.4, -0.2) is 66.5 Å². The number of amides is 1. The number of morpholine rings is 1. The minimum Gasteiger partial charge on any atom is -0.392 e. The second-order valence-electron chi connectivity index (χ2n) is 11.9. The highest BCUT2D eigenvalue weighted by atomic mass is 32.2. The molecule has 0 unspecified atom stereocenters. The molecule has 0 radical (unpaired) electrons.